The average molecular weight is 271 g/mol. The van der Waals surface area contributed by atoms with Gasteiger partial charge in [0.2, 0.25) is 10.0 Å². The van der Waals surface area contributed by atoms with Gasteiger partial charge in [0.1, 0.15) is 10.6 Å². The summed E-state index contributed by atoms with van der Waals surface area (Å²) in [4.78, 5) is 12.8. The highest BCUT2D eigenvalue weighted by molar-refractivity contribution is 7.89. The molecule has 0 saturated carbocycles. The van der Waals surface area contributed by atoms with E-state index < -0.39 is 21.4 Å². The highest BCUT2D eigenvalue weighted by atomic mass is 32.2. The second-order valence-corrected chi connectivity index (χ2v) is 6.14. The molecule has 0 fully saturated rings. The lowest BCUT2D eigenvalue weighted by Crippen LogP contribution is -2.33. The molecule has 8 heteroatoms. The SMILES string of the molecule is CC(C)(C#N)CNS(=O)(=O)c1c[nH]c(C(=O)O)c1. The first-order chi connectivity index (χ1) is 8.18. The smallest absolute Gasteiger partial charge is 0.352 e. The summed E-state index contributed by atoms with van der Waals surface area (Å²) < 4.78 is 25.9. The molecule has 0 amide bonds. The molecule has 0 unspecified atom stereocenters. The van der Waals surface area contributed by atoms with Gasteiger partial charge in [-0.05, 0) is 19.9 Å². The molecule has 1 aromatic rings. The first-order valence-corrected chi connectivity index (χ1v) is 6.49. The van der Waals surface area contributed by atoms with E-state index in [0.29, 0.717) is 0 Å². The van der Waals surface area contributed by atoms with Crippen molar-refractivity contribution in [3.05, 3.63) is 18.0 Å². The molecule has 1 rings (SSSR count). The summed E-state index contributed by atoms with van der Waals surface area (Å²) in [6.07, 6.45) is 1.09. The maximum absolute atomic E-state index is 11.8. The predicted octanol–water partition coefficient (Wildman–Crippen LogP) is 0.541. The van der Waals surface area contributed by atoms with Crippen LogP contribution in [0.5, 0.6) is 0 Å². The Kier molecular flexibility index (Phi) is 3.79. The molecular weight excluding hydrogens is 258 g/mol. The normalized spacial score (nSPS) is 12.1. The van der Waals surface area contributed by atoms with E-state index in [2.05, 4.69) is 9.71 Å². The van der Waals surface area contributed by atoms with Gasteiger partial charge in [0, 0.05) is 12.7 Å². The fourth-order valence-corrected chi connectivity index (χ4v) is 2.26. The number of nitrogens with one attached hydrogen (secondary N) is 2. The Morgan fingerprint density at radius 2 is 2.22 bits per heavy atom. The second kappa shape index (κ2) is 4.80. The standard InChI is InChI=1S/C10H13N3O4S/c1-10(2,5-11)6-13-18(16,17)7-3-8(9(14)15)12-4-7/h3-4,12-13H,6H2,1-2H3,(H,14,15). The summed E-state index contributed by atoms with van der Waals surface area (Å²) in [5.74, 6) is -1.24. The predicted molar refractivity (Wildman–Crippen MR) is 62.3 cm³/mol. The average Bonchev–Trinajstić information content (AvgIpc) is 2.77. The molecule has 1 heterocycles. The van der Waals surface area contributed by atoms with Crippen molar-refractivity contribution in [2.24, 2.45) is 5.41 Å². The number of rotatable bonds is 5. The van der Waals surface area contributed by atoms with Crippen molar-refractivity contribution in [3.8, 4) is 6.07 Å². The number of nitriles is 1. The van der Waals surface area contributed by atoms with Crippen LogP contribution < -0.4 is 4.72 Å². The fraction of sp³-hybridized carbons (Fsp3) is 0.400. The molecule has 0 saturated heterocycles. The van der Waals surface area contributed by atoms with Crippen LogP contribution in [0, 0.1) is 16.7 Å². The molecule has 3 N–H and O–H groups in total. The maximum atomic E-state index is 11.8. The number of carboxylic acids is 1. The van der Waals surface area contributed by atoms with Gasteiger partial charge in [-0.2, -0.15) is 5.26 Å². The van der Waals surface area contributed by atoms with E-state index in [-0.39, 0.29) is 17.1 Å². The maximum Gasteiger partial charge on any atom is 0.352 e. The van der Waals surface area contributed by atoms with E-state index in [1.807, 2.05) is 6.07 Å². The number of hydrogen-bond donors (Lipinski definition) is 3. The number of hydrogen-bond acceptors (Lipinski definition) is 4. The topological polar surface area (TPSA) is 123 Å². The summed E-state index contributed by atoms with van der Waals surface area (Å²) in [6.45, 7) is 3.13. The number of sulfonamides is 1. The third-order valence-corrected chi connectivity index (χ3v) is 3.58. The Hall–Kier alpha value is -1.85. The van der Waals surface area contributed by atoms with Crippen LogP contribution in [0.4, 0.5) is 0 Å². The Morgan fingerprint density at radius 3 is 2.67 bits per heavy atom. The van der Waals surface area contributed by atoms with E-state index in [1.54, 1.807) is 13.8 Å². The van der Waals surface area contributed by atoms with Crippen molar-refractivity contribution in [3.63, 3.8) is 0 Å². The molecule has 18 heavy (non-hydrogen) atoms. The highest BCUT2D eigenvalue weighted by Gasteiger charge is 2.23. The summed E-state index contributed by atoms with van der Waals surface area (Å²) in [7, 11) is -3.81. The Balaban J connectivity index is 2.87. The number of carbonyl (C=O) groups is 1. The monoisotopic (exact) mass is 271 g/mol. The lowest BCUT2D eigenvalue weighted by atomic mass is 9.97. The number of aromatic carboxylic acids is 1. The van der Waals surface area contributed by atoms with Crippen LogP contribution in [0.3, 0.4) is 0 Å². The van der Waals surface area contributed by atoms with Crippen molar-refractivity contribution in [1.29, 1.82) is 5.26 Å². The summed E-state index contributed by atoms with van der Waals surface area (Å²) in [5, 5.41) is 17.4. The minimum atomic E-state index is -3.81. The zero-order valence-corrected chi connectivity index (χ0v) is 10.7. The summed E-state index contributed by atoms with van der Waals surface area (Å²) >= 11 is 0. The Labute approximate surface area is 104 Å². The van der Waals surface area contributed by atoms with Crippen LogP contribution in [-0.4, -0.2) is 31.0 Å². The quantitative estimate of drug-likeness (QED) is 0.721. The van der Waals surface area contributed by atoms with Gasteiger partial charge < -0.3 is 10.1 Å². The van der Waals surface area contributed by atoms with Gasteiger partial charge in [0.05, 0.1) is 11.5 Å². The van der Waals surface area contributed by atoms with Crippen LogP contribution >= 0.6 is 0 Å². The molecular formula is C10H13N3O4S. The molecule has 0 aromatic carbocycles. The van der Waals surface area contributed by atoms with E-state index in [0.717, 1.165) is 12.3 Å². The molecule has 0 bridgehead atoms. The van der Waals surface area contributed by atoms with Crippen molar-refractivity contribution in [1.82, 2.24) is 9.71 Å². The minimum Gasteiger partial charge on any atom is -0.477 e. The van der Waals surface area contributed by atoms with Crippen molar-refractivity contribution < 1.29 is 18.3 Å². The van der Waals surface area contributed by atoms with Gasteiger partial charge in [0.15, 0.2) is 0 Å². The number of H-pyrrole nitrogens is 1. The van der Waals surface area contributed by atoms with Crippen LogP contribution in [0.1, 0.15) is 24.3 Å². The molecule has 0 aliphatic carbocycles. The van der Waals surface area contributed by atoms with Gasteiger partial charge in [-0.25, -0.2) is 17.9 Å². The molecule has 7 nitrogen and oxygen atoms in total. The van der Waals surface area contributed by atoms with Crippen molar-refractivity contribution in [2.45, 2.75) is 18.7 Å². The van der Waals surface area contributed by atoms with E-state index in [1.165, 1.54) is 0 Å². The third kappa shape index (κ3) is 3.32. The third-order valence-electron chi connectivity index (χ3n) is 2.20. The van der Waals surface area contributed by atoms with E-state index in [9.17, 15) is 13.2 Å². The van der Waals surface area contributed by atoms with E-state index >= 15 is 0 Å². The van der Waals surface area contributed by atoms with Crippen molar-refractivity contribution >= 4 is 16.0 Å². The lowest BCUT2D eigenvalue weighted by Gasteiger charge is -2.15. The molecule has 0 atom stereocenters. The van der Waals surface area contributed by atoms with Gasteiger partial charge in [-0.3, -0.25) is 0 Å². The van der Waals surface area contributed by atoms with Crippen LogP contribution in [-0.2, 0) is 10.0 Å². The zero-order chi connectivity index (χ0) is 14.0. The Morgan fingerprint density at radius 1 is 1.61 bits per heavy atom. The number of nitrogens with zero attached hydrogens (tertiary/aromatic N) is 1. The summed E-state index contributed by atoms with van der Waals surface area (Å²) in [6, 6.07) is 2.98. The largest absolute Gasteiger partial charge is 0.477 e. The zero-order valence-electron chi connectivity index (χ0n) is 9.89. The van der Waals surface area contributed by atoms with Gasteiger partial charge in [-0.1, -0.05) is 0 Å². The molecule has 0 radical (unpaired) electrons. The van der Waals surface area contributed by atoms with E-state index in [4.69, 9.17) is 10.4 Å². The first kappa shape index (κ1) is 14.2. The molecule has 98 valence electrons. The van der Waals surface area contributed by atoms with Crippen molar-refractivity contribution in [2.75, 3.05) is 6.54 Å². The fourth-order valence-electron chi connectivity index (χ4n) is 1.05. The van der Waals surface area contributed by atoms with Crippen LogP contribution in [0.25, 0.3) is 0 Å². The highest BCUT2D eigenvalue weighted by Crippen LogP contribution is 2.15. The Bertz CT molecular complexity index is 595. The van der Waals surface area contributed by atoms with Gasteiger partial charge in [-0.15, -0.1) is 0 Å². The number of carboxylic acid groups (broad SMARTS) is 1. The lowest BCUT2D eigenvalue weighted by molar-refractivity contribution is 0.0691. The minimum absolute atomic E-state index is 0.0561. The molecule has 1 aromatic heterocycles. The first-order valence-electron chi connectivity index (χ1n) is 5.00. The number of aromatic nitrogens is 1. The van der Waals surface area contributed by atoms with Crippen LogP contribution in [0.2, 0.25) is 0 Å². The van der Waals surface area contributed by atoms with Gasteiger partial charge in [0.25, 0.3) is 0 Å². The van der Waals surface area contributed by atoms with Gasteiger partial charge >= 0.3 is 5.97 Å². The second-order valence-electron chi connectivity index (χ2n) is 4.37. The van der Waals surface area contributed by atoms with Crippen LogP contribution in [0.15, 0.2) is 17.2 Å². The molecule has 0 aliphatic heterocycles. The number of aromatic amines is 1. The molecule has 0 spiro atoms. The summed E-state index contributed by atoms with van der Waals surface area (Å²) in [5.41, 5.74) is -1.05. The molecule has 0 aliphatic rings.